The molecule has 0 aliphatic rings. The van der Waals surface area contributed by atoms with Crippen molar-refractivity contribution in [1.82, 2.24) is 16.0 Å². The molecule has 6 heteroatoms. The maximum Gasteiger partial charge on any atom is 0.242 e. The van der Waals surface area contributed by atoms with E-state index in [1.165, 1.54) is 0 Å². The monoisotopic (exact) mass is 231 g/mol. The Hall–Kier alpha value is -1.14. The van der Waals surface area contributed by atoms with E-state index in [2.05, 4.69) is 16.0 Å². The van der Waals surface area contributed by atoms with E-state index in [4.69, 9.17) is 4.74 Å². The number of carbonyl (C=O) groups is 2. The lowest BCUT2D eigenvalue weighted by Gasteiger charge is -2.16. The molecule has 2 unspecified atom stereocenters. The standard InChI is InChI=1S/C10H21N3O3/c1-7(11-3)10(15)13-8(2)9(14)12-5-6-16-4/h7-8,11H,5-6H2,1-4H3,(H,12,14)(H,13,15). The zero-order valence-electron chi connectivity index (χ0n) is 10.3. The minimum absolute atomic E-state index is 0.197. The zero-order chi connectivity index (χ0) is 12.6. The van der Waals surface area contributed by atoms with Gasteiger partial charge in [-0.1, -0.05) is 0 Å². The third-order valence-electron chi connectivity index (χ3n) is 2.18. The lowest BCUT2D eigenvalue weighted by molar-refractivity contribution is -0.129. The predicted octanol–water partition coefficient (Wildman–Crippen LogP) is -1.14. The maximum absolute atomic E-state index is 11.5. The van der Waals surface area contributed by atoms with E-state index in [0.29, 0.717) is 13.2 Å². The molecule has 0 radical (unpaired) electrons. The number of ether oxygens (including phenoxy) is 1. The van der Waals surface area contributed by atoms with Gasteiger partial charge in [-0.15, -0.1) is 0 Å². The number of methoxy groups -OCH3 is 1. The van der Waals surface area contributed by atoms with Crippen LogP contribution in [0.1, 0.15) is 13.8 Å². The molecule has 0 aromatic carbocycles. The molecule has 3 N–H and O–H groups in total. The number of carbonyl (C=O) groups excluding carboxylic acids is 2. The van der Waals surface area contributed by atoms with Crippen LogP contribution in [0.15, 0.2) is 0 Å². The van der Waals surface area contributed by atoms with Gasteiger partial charge in [0.1, 0.15) is 6.04 Å². The van der Waals surface area contributed by atoms with Gasteiger partial charge in [0, 0.05) is 13.7 Å². The second kappa shape index (κ2) is 8.06. The summed E-state index contributed by atoms with van der Waals surface area (Å²) in [4.78, 5) is 22.9. The van der Waals surface area contributed by atoms with Crippen molar-refractivity contribution in [3.8, 4) is 0 Å². The topological polar surface area (TPSA) is 79.5 Å². The molecule has 6 nitrogen and oxygen atoms in total. The molecule has 0 fully saturated rings. The van der Waals surface area contributed by atoms with Gasteiger partial charge in [0.15, 0.2) is 0 Å². The van der Waals surface area contributed by atoms with Crippen molar-refractivity contribution < 1.29 is 14.3 Å². The number of hydrogen-bond donors (Lipinski definition) is 3. The second-order valence-electron chi connectivity index (χ2n) is 3.52. The highest BCUT2D eigenvalue weighted by atomic mass is 16.5. The molecule has 16 heavy (non-hydrogen) atoms. The van der Waals surface area contributed by atoms with Crippen LogP contribution in [-0.2, 0) is 14.3 Å². The zero-order valence-corrected chi connectivity index (χ0v) is 10.3. The second-order valence-corrected chi connectivity index (χ2v) is 3.52. The molecule has 94 valence electrons. The predicted molar refractivity (Wildman–Crippen MR) is 61.0 cm³/mol. The van der Waals surface area contributed by atoms with Crippen molar-refractivity contribution in [3.63, 3.8) is 0 Å². The summed E-state index contributed by atoms with van der Waals surface area (Å²) in [5.74, 6) is -0.411. The summed E-state index contributed by atoms with van der Waals surface area (Å²) >= 11 is 0. The Bertz CT molecular complexity index is 233. The molecule has 2 amide bonds. The van der Waals surface area contributed by atoms with Crippen LogP contribution in [-0.4, -0.2) is 51.2 Å². The van der Waals surface area contributed by atoms with Crippen molar-refractivity contribution in [2.75, 3.05) is 27.3 Å². The first-order valence-corrected chi connectivity index (χ1v) is 5.27. The van der Waals surface area contributed by atoms with Gasteiger partial charge in [-0.05, 0) is 20.9 Å². The van der Waals surface area contributed by atoms with Crippen LogP contribution in [0.3, 0.4) is 0 Å². The minimum atomic E-state index is -0.542. The number of amides is 2. The third kappa shape index (κ3) is 5.67. The van der Waals surface area contributed by atoms with Crippen LogP contribution in [0, 0.1) is 0 Å². The normalized spacial score (nSPS) is 14.0. The highest BCUT2D eigenvalue weighted by Gasteiger charge is 2.17. The van der Waals surface area contributed by atoms with Crippen molar-refractivity contribution in [3.05, 3.63) is 0 Å². The smallest absolute Gasteiger partial charge is 0.242 e. The Morgan fingerprint density at radius 1 is 1.19 bits per heavy atom. The molecule has 0 aliphatic carbocycles. The van der Waals surface area contributed by atoms with Crippen molar-refractivity contribution in [2.24, 2.45) is 0 Å². The van der Waals surface area contributed by atoms with E-state index >= 15 is 0 Å². The summed E-state index contributed by atoms with van der Waals surface area (Å²) in [5.41, 5.74) is 0. The number of rotatable bonds is 7. The van der Waals surface area contributed by atoms with Gasteiger partial charge in [0.2, 0.25) is 11.8 Å². The third-order valence-corrected chi connectivity index (χ3v) is 2.18. The van der Waals surface area contributed by atoms with E-state index in [9.17, 15) is 9.59 Å². The molecule has 0 heterocycles. The van der Waals surface area contributed by atoms with E-state index < -0.39 is 6.04 Å². The molecule has 0 spiro atoms. The van der Waals surface area contributed by atoms with Gasteiger partial charge in [-0.25, -0.2) is 0 Å². The molecule has 0 aliphatic heterocycles. The van der Waals surface area contributed by atoms with Gasteiger partial charge >= 0.3 is 0 Å². The fraction of sp³-hybridized carbons (Fsp3) is 0.800. The molecule has 0 bridgehead atoms. The average Bonchev–Trinajstić information content (AvgIpc) is 2.27. The summed E-state index contributed by atoms with van der Waals surface area (Å²) in [6.07, 6.45) is 0. The number of nitrogens with one attached hydrogen (secondary N) is 3. The summed E-state index contributed by atoms with van der Waals surface area (Å²) < 4.78 is 4.80. The van der Waals surface area contributed by atoms with Crippen LogP contribution in [0.2, 0.25) is 0 Å². The Morgan fingerprint density at radius 2 is 1.81 bits per heavy atom. The van der Waals surface area contributed by atoms with E-state index in [-0.39, 0.29) is 17.9 Å². The summed E-state index contributed by atoms with van der Waals surface area (Å²) in [5, 5.41) is 8.05. The molecule has 0 aromatic heterocycles. The summed E-state index contributed by atoms with van der Waals surface area (Å²) in [6, 6.07) is -0.852. The molecular formula is C10H21N3O3. The van der Waals surface area contributed by atoms with Gasteiger partial charge in [0.25, 0.3) is 0 Å². The minimum Gasteiger partial charge on any atom is -0.383 e. The molecule has 0 saturated heterocycles. The highest BCUT2D eigenvalue weighted by Crippen LogP contribution is 1.86. The fourth-order valence-corrected chi connectivity index (χ4v) is 0.964. The maximum atomic E-state index is 11.5. The van der Waals surface area contributed by atoms with Crippen LogP contribution in [0.5, 0.6) is 0 Å². The van der Waals surface area contributed by atoms with Crippen LogP contribution < -0.4 is 16.0 Å². The molecular weight excluding hydrogens is 210 g/mol. The van der Waals surface area contributed by atoms with Crippen LogP contribution in [0.4, 0.5) is 0 Å². The SMILES string of the molecule is CNC(C)C(=O)NC(C)C(=O)NCCOC. The van der Waals surface area contributed by atoms with Gasteiger partial charge in [-0.3, -0.25) is 9.59 Å². The Labute approximate surface area is 96.1 Å². The first-order chi connectivity index (χ1) is 7.52. The van der Waals surface area contributed by atoms with Crippen LogP contribution >= 0.6 is 0 Å². The summed E-state index contributed by atoms with van der Waals surface area (Å²) in [7, 11) is 3.25. The van der Waals surface area contributed by atoms with Crippen molar-refractivity contribution in [1.29, 1.82) is 0 Å². The van der Waals surface area contributed by atoms with Gasteiger partial charge in [-0.2, -0.15) is 0 Å². The Kier molecular flexibility index (Phi) is 7.49. The Morgan fingerprint density at radius 3 is 2.31 bits per heavy atom. The van der Waals surface area contributed by atoms with E-state index in [1.54, 1.807) is 28.0 Å². The average molecular weight is 231 g/mol. The first-order valence-electron chi connectivity index (χ1n) is 5.27. The van der Waals surface area contributed by atoms with Crippen molar-refractivity contribution in [2.45, 2.75) is 25.9 Å². The fourth-order valence-electron chi connectivity index (χ4n) is 0.964. The molecule has 0 saturated carbocycles. The number of hydrogen-bond acceptors (Lipinski definition) is 4. The van der Waals surface area contributed by atoms with Crippen LogP contribution in [0.25, 0.3) is 0 Å². The highest BCUT2D eigenvalue weighted by molar-refractivity contribution is 5.89. The van der Waals surface area contributed by atoms with Gasteiger partial charge in [0.05, 0.1) is 12.6 Å². The largest absolute Gasteiger partial charge is 0.383 e. The van der Waals surface area contributed by atoms with E-state index in [0.717, 1.165) is 0 Å². The number of likely N-dealkylation sites (N-methyl/N-ethyl adjacent to an activating group) is 1. The van der Waals surface area contributed by atoms with Crippen molar-refractivity contribution >= 4 is 11.8 Å². The summed E-state index contributed by atoms with van der Waals surface area (Å²) in [6.45, 7) is 4.27. The molecule has 0 rings (SSSR count). The Balaban J connectivity index is 3.91. The van der Waals surface area contributed by atoms with Gasteiger partial charge < -0.3 is 20.7 Å². The lowest BCUT2D eigenvalue weighted by Crippen LogP contribution is -2.50. The first kappa shape index (κ1) is 14.9. The quantitative estimate of drug-likeness (QED) is 0.484. The molecule has 2 atom stereocenters. The lowest BCUT2D eigenvalue weighted by atomic mass is 10.2. The molecule has 0 aromatic rings. The van der Waals surface area contributed by atoms with E-state index in [1.807, 2.05) is 0 Å².